The molecule has 6 nitrogen and oxygen atoms in total. The van der Waals surface area contributed by atoms with Crippen molar-refractivity contribution in [1.82, 2.24) is 14.9 Å². The molecule has 0 aliphatic carbocycles. The number of nitrogens with one attached hydrogen (secondary N) is 1. The zero-order chi connectivity index (χ0) is 13.4. The SMILES string of the molecule is Cc1[nH]cnc1CSCCCN=C(N)N(C)C#N. The number of nitriles is 1. The van der Waals surface area contributed by atoms with E-state index in [4.69, 9.17) is 11.0 Å². The predicted octanol–water partition coefficient (Wildman–Crippen LogP) is 1.07. The molecule has 18 heavy (non-hydrogen) atoms. The van der Waals surface area contributed by atoms with E-state index in [1.165, 1.54) is 4.90 Å². The summed E-state index contributed by atoms with van der Waals surface area (Å²) in [5, 5.41) is 8.58. The van der Waals surface area contributed by atoms with Gasteiger partial charge in [-0.2, -0.15) is 17.0 Å². The molecule has 98 valence electrons. The molecular weight excluding hydrogens is 248 g/mol. The number of imidazole rings is 1. The van der Waals surface area contributed by atoms with E-state index < -0.39 is 0 Å². The first-order chi connectivity index (χ1) is 8.65. The topological polar surface area (TPSA) is 94.1 Å². The first kappa shape index (κ1) is 14.4. The molecule has 1 heterocycles. The lowest BCUT2D eigenvalue weighted by Crippen LogP contribution is -2.30. The second kappa shape index (κ2) is 7.61. The summed E-state index contributed by atoms with van der Waals surface area (Å²) in [6, 6.07) is 0. The van der Waals surface area contributed by atoms with Crippen molar-refractivity contribution in [2.24, 2.45) is 10.7 Å². The van der Waals surface area contributed by atoms with Gasteiger partial charge in [0, 0.05) is 25.0 Å². The summed E-state index contributed by atoms with van der Waals surface area (Å²) in [5.41, 5.74) is 7.80. The van der Waals surface area contributed by atoms with Crippen molar-refractivity contribution in [3.8, 4) is 6.19 Å². The lowest BCUT2D eigenvalue weighted by Gasteiger charge is -2.06. The zero-order valence-corrected chi connectivity index (χ0v) is 11.5. The Bertz CT molecular complexity index is 433. The van der Waals surface area contributed by atoms with Gasteiger partial charge in [0.2, 0.25) is 5.96 Å². The van der Waals surface area contributed by atoms with E-state index >= 15 is 0 Å². The molecular formula is C11H18N6S. The first-order valence-corrected chi connectivity index (χ1v) is 6.80. The fourth-order valence-electron chi connectivity index (χ4n) is 1.22. The number of hydrogen-bond acceptors (Lipinski definition) is 4. The summed E-state index contributed by atoms with van der Waals surface area (Å²) >= 11 is 1.82. The summed E-state index contributed by atoms with van der Waals surface area (Å²) in [4.78, 5) is 12.6. The standard InChI is InChI=1S/C11H18N6S/c1-9-10(16-8-15-9)6-18-5-3-4-14-11(13)17(2)7-12/h8H,3-6H2,1-2H3,(H2,13,14)(H,15,16). The highest BCUT2D eigenvalue weighted by Gasteiger charge is 2.01. The third-order valence-electron chi connectivity index (χ3n) is 2.39. The summed E-state index contributed by atoms with van der Waals surface area (Å²) in [7, 11) is 1.59. The molecule has 7 heteroatoms. The monoisotopic (exact) mass is 266 g/mol. The Balaban J connectivity index is 2.13. The molecule has 1 aromatic rings. The molecule has 0 bridgehead atoms. The van der Waals surface area contributed by atoms with Gasteiger partial charge >= 0.3 is 0 Å². The van der Waals surface area contributed by atoms with Crippen LogP contribution in [-0.2, 0) is 5.75 Å². The normalized spacial score (nSPS) is 11.3. The van der Waals surface area contributed by atoms with E-state index in [-0.39, 0.29) is 5.96 Å². The molecule has 0 aromatic carbocycles. The molecule has 0 atom stereocenters. The number of thioether (sulfide) groups is 1. The number of hydrogen-bond donors (Lipinski definition) is 2. The van der Waals surface area contributed by atoms with E-state index in [9.17, 15) is 0 Å². The maximum Gasteiger partial charge on any atom is 0.204 e. The molecule has 0 aliphatic heterocycles. The second-order valence-electron chi connectivity index (χ2n) is 3.78. The van der Waals surface area contributed by atoms with Gasteiger partial charge in [0.05, 0.1) is 12.0 Å². The van der Waals surface area contributed by atoms with E-state index in [0.29, 0.717) is 6.54 Å². The number of aromatic nitrogens is 2. The molecule has 1 aromatic heterocycles. The zero-order valence-electron chi connectivity index (χ0n) is 10.7. The highest BCUT2D eigenvalue weighted by Crippen LogP contribution is 2.13. The van der Waals surface area contributed by atoms with Gasteiger partial charge in [-0.05, 0) is 19.1 Å². The largest absolute Gasteiger partial charge is 0.369 e. The minimum atomic E-state index is 0.269. The molecule has 0 saturated heterocycles. The minimum absolute atomic E-state index is 0.269. The lowest BCUT2D eigenvalue weighted by atomic mass is 10.4. The fraction of sp³-hybridized carbons (Fsp3) is 0.545. The number of guanidine groups is 1. The van der Waals surface area contributed by atoms with Crippen LogP contribution in [-0.4, -0.2) is 40.2 Å². The van der Waals surface area contributed by atoms with Gasteiger partial charge in [-0.15, -0.1) is 0 Å². The number of aryl methyl sites for hydroxylation is 1. The number of H-pyrrole nitrogens is 1. The Morgan fingerprint density at radius 3 is 3.11 bits per heavy atom. The highest BCUT2D eigenvalue weighted by atomic mass is 32.2. The Morgan fingerprint density at radius 2 is 2.50 bits per heavy atom. The maximum absolute atomic E-state index is 8.58. The summed E-state index contributed by atoms with van der Waals surface area (Å²) < 4.78 is 0. The summed E-state index contributed by atoms with van der Waals surface area (Å²) in [5.74, 6) is 2.18. The van der Waals surface area contributed by atoms with Crippen molar-refractivity contribution in [2.45, 2.75) is 19.1 Å². The van der Waals surface area contributed by atoms with E-state index in [1.807, 2.05) is 24.9 Å². The fourth-order valence-corrected chi connectivity index (χ4v) is 2.18. The Hall–Kier alpha value is -1.68. The van der Waals surface area contributed by atoms with Crippen LogP contribution >= 0.6 is 11.8 Å². The van der Waals surface area contributed by atoms with Gasteiger partial charge in [0.25, 0.3) is 0 Å². The number of rotatable bonds is 6. The molecule has 0 unspecified atom stereocenters. The van der Waals surface area contributed by atoms with Crippen LogP contribution in [0.2, 0.25) is 0 Å². The van der Waals surface area contributed by atoms with Gasteiger partial charge in [0.1, 0.15) is 0 Å². The maximum atomic E-state index is 8.58. The van der Waals surface area contributed by atoms with Gasteiger partial charge in [-0.3, -0.25) is 9.89 Å². The third-order valence-corrected chi connectivity index (χ3v) is 3.44. The van der Waals surface area contributed by atoms with Crippen LogP contribution in [0, 0.1) is 18.4 Å². The van der Waals surface area contributed by atoms with Crippen molar-refractivity contribution < 1.29 is 0 Å². The van der Waals surface area contributed by atoms with Gasteiger partial charge < -0.3 is 10.7 Å². The number of aromatic amines is 1. The lowest BCUT2D eigenvalue weighted by molar-refractivity contribution is 0.691. The van der Waals surface area contributed by atoms with Gasteiger partial charge in [-0.25, -0.2) is 4.98 Å². The number of nitrogens with zero attached hydrogens (tertiary/aromatic N) is 4. The Morgan fingerprint density at radius 1 is 1.72 bits per heavy atom. The van der Waals surface area contributed by atoms with Crippen LogP contribution in [0.4, 0.5) is 0 Å². The molecule has 0 aliphatic rings. The molecule has 0 amide bonds. The average molecular weight is 266 g/mol. The number of aliphatic imine (C=N–C) groups is 1. The molecule has 0 saturated carbocycles. The number of nitrogens with two attached hydrogens (primary N) is 1. The molecule has 0 fully saturated rings. The van der Waals surface area contributed by atoms with Crippen LogP contribution < -0.4 is 5.73 Å². The predicted molar refractivity (Wildman–Crippen MR) is 74.0 cm³/mol. The Kier molecular flexibility index (Phi) is 6.08. The molecule has 0 spiro atoms. The molecule has 1 rings (SSSR count). The Labute approximate surface area is 111 Å². The smallest absolute Gasteiger partial charge is 0.204 e. The summed E-state index contributed by atoms with van der Waals surface area (Å²) in [6.45, 7) is 2.66. The van der Waals surface area contributed by atoms with Crippen molar-refractivity contribution in [3.05, 3.63) is 17.7 Å². The van der Waals surface area contributed by atoms with Gasteiger partial charge in [-0.1, -0.05) is 0 Å². The molecule has 0 radical (unpaired) electrons. The van der Waals surface area contributed by atoms with Crippen molar-refractivity contribution in [2.75, 3.05) is 19.3 Å². The van der Waals surface area contributed by atoms with Crippen molar-refractivity contribution in [3.63, 3.8) is 0 Å². The molecule has 3 N–H and O–H groups in total. The quantitative estimate of drug-likeness (QED) is 0.264. The van der Waals surface area contributed by atoms with E-state index in [1.54, 1.807) is 13.4 Å². The van der Waals surface area contributed by atoms with Crippen molar-refractivity contribution >= 4 is 17.7 Å². The second-order valence-corrected chi connectivity index (χ2v) is 4.88. The average Bonchev–Trinajstić information content (AvgIpc) is 2.78. The first-order valence-electron chi connectivity index (χ1n) is 5.65. The third kappa shape index (κ3) is 4.67. The minimum Gasteiger partial charge on any atom is -0.369 e. The van der Waals surface area contributed by atoms with Crippen molar-refractivity contribution in [1.29, 1.82) is 5.26 Å². The highest BCUT2D eigenvalue weighted by molar-refractivity contribution is 7.98. The van der Waals surface area contributed by atoms with E-state index in [2.05, 4.69) is 15.0 Å². The van der Waals surface area contributed by atoms with Crippen LogP contribution in [0.3, 0.4) is 0 Å². The van der Waals surface area contributed by atoms with Crippen LogP contribution in [0.5, 0.6) is 0 Å². The van der Waals surface area contributed by atoms with Crippen LogP contribution in [0.1, 0.15) is 17.8 Å². The van der Waals surface area contributed by atoms with Gasteiger partial charge in [0.15, 0.2) is 6.19 Å². The van der Waals surface area contributed by atoms with Crippen LogP contribution in [0.15, 0.2) is 11.3 Å². The van der Waals surface area contributed by atoms with Crippen LogP contribution in [0.25, 0.3) is 0 Å². The van der Waals surface area contributed by atoms with E-state index in [0.717, 1.165) is 29.3 Å². The summed E-state index contributed by atoms with van der Waals surface area (Å²) in [6.07, 6.45) is 4.56.